The van der Waals surface area contributed by atoms with Crippen molar-refractivity contribution in [2.24, 2.45) is 14.1 Å². The third-order valence-corrected chi connectivity index (χ3v) is 7.60. The van der Waals surface area contributed by atoms with E-state index < -0.39 is 20.1 Å². The molecule has 0 radical (unpaired) electrons. The first kappa shape index (κ1) is 24.6. The molecule has 3 aromatic rings. The Morgan fingerprint density at radius 3 is 2.32 bits per heavy atom. The van der Waals surface area contributed by atoms with Gasteiger partial charge in [-0.25, -0.2) is 0 Å². The molecule has 2 atom stereocenters. The maximum Gasteiger partial charge on any atom is 0.446 e. The molecule has 1 N–H and O–H groups in total. The summed E-state index contributed by atoms with van der Waals surface area (Å²) in [4.78, 5) is 33.0. The van der Waals surface area contributed by atoms with Gasteiger partial charge in [0.1, 0.15) is 18.1 Å². The summed E-state index contributed by atoms with van der Waals surface area (Å²) >= 11 is 11.8. The Labute approximate surface area is 221 Å². The molecule has 1 aromatic carbocycles. The number of thiocarbonyl (C=S) groups is 2. The van der Waals surface area contributed by atoms with Crippen LogP contribution in [0.25, 0.3) is 0 Å². The summed E-state index contributed by atoms with van der Waals surface area (Å²) in [7, 11) is 4.99. The highest BCUT2D eigenvalue weighted by atomic mass is 32.1. The monoisotopic (exact) mass is 542 g/mol. The summed E-state index contributed by atoms with van der Waals surface area (Å²) in [5.41, 5.74) is 0.801. The molecule has 0 spiro atoms. The van der Waals surface area contributed by atoms with Crippen molar-refractivity contribution in [2.75, 3.05) is 20.1 Å². The summed E-state index contributed by atoms with van der Waals surface area (Å²) in [6.45, 7) is 1.03. The molecule has 2 aliphatic heterocycles. The Bertz CT molecular complexity index is 1510. The zero-order valence-electron chi connectivity index (χ0n) is 20.0. The van der Waals surface area contributed by atoms with Crippen LogP contribution in [0.3, 0.4) is 0 Å². The number of hydrogen-bond donors (Lipinski definition) is 1. The van der Waals surface area contributed by atoms with Gasteiger partial charge in [-0.05, 0) is 26.5 Å². The van der Waals surface area contributed by atoms with Gasteiger partial charge < -0.3 is 25.5 Å². The Balaban J connectivity index is 1.91. The SMILES string of the molecule is Cn1cc([N+](=O)[O-])nc1[N+]1(c2ncc([N+](=O)[O-])n2C)C(=S)[N+](C)(c2ccccc2)C=C1N1CCNC1=S. The summed E-state index contributed by atoms with van der Waals surface area (Å²) < 4.78 is 2.27. The molecule has 190 valence electrons. The van der Waals surface area contributed by atoms with Gasteiger partial charge in [-0.1, -0.05) is 18.2 Å². The molecule has 2 aromatic heterocycles. The van der Waals surface area contributed by atoms with E-state index in [0.717, 1.165) is 11.9 Å². The molecule has 0 amide bonds. The maximum absolute atomic E-state index is 11.8. The molecule has 37 heavy (non-hydrogen) atoms. The Kier molecular flexibility index (Phi) is 5.63. The van der Waals surface area contributed by atoms with Gasteiger partial charge in [0.15, 0.2) is 11.3 Å². The fourth-order valence-electron chi connectivity index (χ4n) is 4.82. The van der Waals surface area contributed by atoms with Gasteiger partial charge in [0.05, 0.1) is 26.3 Å². The van der Waals surface area contributed by atoms with Gasteiger partial charge in [-0.3, -0.25) is 9.47 Å². The number of nitrogens with one attached hydrogen (secondary N) is 1. The molecule has 14 nitrogen and oxygen atoms in total. The van der Waals surface area contributed by atoms with E-state index in [9.17, 15) is 20.2 Å². The van der Waals surface area contributed by atoms with E-state index in [-0.39, 0.29) is 22.2 Å². The second-order valence-corrected chi connectivity index (χ2v) is 9.49. The minimum Gasteiger partial charge on any atom is -0.360 e. The van der Waals surface area contributed by atoms with Gasteiger partial charge in [0, 0.05) is 37.3 Å². The van der Waals surface area contributed by atoms with Crippen molar-refractivity contribution < 1.29 is 9.85 Å². The van der Waals surface area contributed by atoms with Gasteiger partial charge >= 0.3 is 28.6 Å². The molecule has 0 aliphatic carbocycles. The van der Waals surface area contributed by atoms with Crippen LogP contribution in [-0.2, 0) is 14.1 Å². The standard InChI is InChI=1S/C21H21N10O4S2/c1-25-12-15(28(32)33)24-19(25)31(18-23-11-16(26(18)2)29(34)35)17(27-10-9-22-20(27)36)13-30(3,21(31)37)14-7-5-4-6-8-14/h4-8,11-13H,9-10H2,1-3H3/q+1/p+1. The van der Waals surface area contributed by atoms with Crippen LogP contribution in [0, 0.1) is 20.2 Å². The molecular formula is C21H22N10O4S2+2. The normalized spacial score (nSPS) is 23.3. The predicted molar refractivity (Wildman–Crippen MR) is 143 cm³/mol. The number of aromatic nitrogens is 4. The minimum absolute atomic E-state index is 0.0219. The zero-order valence-corrected chi connectivity index (χ0v) is 21.6. The van der Waals surface area contributed by atoms with E-state index in [0.29, 0.717) is 29.1 Å². The highest BCUT2D eigenvalue weighted by Crippen LogP contribution is 2.49. The topological polar surface area (TPSA) is 137 Å². The molecule has 0 bridgehead atoms. The van der Waals surface area contributed by atoms with Gasteiger partial charge in [-0.2, -0.15) is 14.0 Å². The lowest BCUT2D eigenvalue weighted by Gasteiger charge is -2.30. The molecule has 2 aliphatic rings. The number of imidazole rings is 2. The lowest BCUT2D eigenvalue weighted by molar-refractivity contribution is -0.391. The third-order valence-electron chi connectivity index (χ3n) is 6.58. The number of aryl methyl sites for hydroxylation is 1. The highest BCUT2D eigenvalue weighted by Gasteiger charge is 2.70. The first-order chi connectivity index (χ1) is 17.5. The van der Waals surface area contributed by atoms with Crippen LogP contribution in [0.4, 0.5) is 29.2 Å². The van der Waals surface area contributed by atoms with Crippen LogP contribution in [0.2, 0.25) is 0 Å². The second kappa shape index (κ2) is 8.48. The van der Waals surface area contributed by atoms with Crippen molar-refractivity contribution in [1.82, 2.24) is 38.3 Å². The fourth-order valence-corrected chi connectivity index (χ4v) is 5.53. The zero-order chi connectivity index (χ0) is 26.7. The predicted octanol–water partition coefficient (Wildman–Crippen LogP) is 2.53. The Morgan fingerprint density at radius 2 is 1.78 bits per heavy atom. The van der Waals surface area contributed by atoms with Gasteiger partial charge in [0.2, 0.25) is 0 Å². The van der Waals surface area contributed by atoms with E-state index in [1.54, 1.807) is 7.05 Å². The summed E-state index contributed by atoms with van der Waals surface area (Å²) in [6, 6.07) is 9.44. The number of para-hydroxylation sites is 1. The number of benzene rings is 1. The van der Waals surface area contributed by atoms with Crippen LogP contribution in [-0.4, -0.2) is 64.2 Å². The van der Waals surface area contributed by atoms with Crippen molar-refractivity contribution in [2.45, 2.75) is 0 Å². The third kappa shape index (κ3) is 3.37. The van der Waals surface area contributed by atoms with Crippen LogP contribution in [0.15, 0.2) is 54.7 Å². The minimum atomic E-state index is -0.601. The van der Waals surface area contributed by atoms with Gasteiger partial charge in [0.25, 0.3) is 5.82 Å². The lowest BCUT2D eigenvalue weighted by atomic mass is 10.3. The Hall–Kier alpha value is -4.12. The molecule has 1 saturated heterocycles. The van der Waals surface area contributed by atoms with Crippen LogP contribution in [0.1, 0.15) is 0 Å². The number of nitro groups is 2. The van der Waals surface area contributed by atoms with E-state index in [4.69, 9.17) is 24.4 Å². The second-order valence-electron chi connectivity index (χ2n) is 8.73. The quantitative estimate of drug-likeness (QED) is 0.214. The fraction of sp³-hybridized carbons (Fsp3) is 0.238. The summed E-state index contributed by atoms with van der Waals surface area (Å²) in [6.07, 6.45) is 4.30. The number of nitrogens with zero attached hydrogens (tertiary/aromatic N) is 9. The first-order valence-electron chi connectivity index (χ1n) is 11.0. The van der Waals surface area contributed by atoms with Crippen LogP contribution in [0.5, 0.6) is 0 Å². The van der Waals surface area contributed by atoms with E-state index >= 15 is 0 Å². The lowest BCUT2D eigenvalue weighted by Crippen LogP contribution is -2.59. The Morgan fingerprint density at radius 1 is 1.08 bits per heavy atom. The molecular weight excluding hydrogens is 520 g/mol. The summed E-state index contributed by atoms with van der Waals surface area (Å²) in [5, 5.41) is 27.4. The molecule has 5 rings (SSSR count). The smallest absolute Gasteiger partial charge is 0.360 e. The van der Waals surface area contributed by atoms with Crippen LogP contribution >= 0.6 is 24.4 Å². The van der Waals surface area contributed by atoms with Crippen molar-refractivity contribution in [3.63, 3.8) is 0 Å². The molecule has 16 heteroatoms. The van der Waals surface area contributed by atoms with Crippen molar-refractivity contribution in [1.29, 1.82) is 0 Å². The molecule has 4 heterocycles. The molecule has 1 fully saturated rings. The number of rotatable bonds is 6. The largest absolute Gasteiger partial charge is 0.446 e. The number of quaternary nitrogens is 2. The molecule has 0 saturated carbocycles. The number of hydrogen-bond acceptors (Lipinski definition) is 8. The van der Waals surface area contributed by atoms with E-state index in [2.05, 4.69) is 15.3 Å². The maximum atomic E-state index is 11.8. The van der Waals surface area contributed by atoms with Gasteiger partial charge in [-0.15, -0.1) is 0 Å². The molecule has 2 unspecified atom stereocenters. The highest BCUT2D eigenvalue weighted by molar-refractivity contribution is 7.80. The van der Waals surface area contributed by atoms with Crippen molar-refractivity contribution >= 4 is 63.9 Å². The average molecular weight is 543 g/mol. The summed E-state index contributed by atoms with van der Waals surface area (Å²) in [5.74, 6) is 0.0988. The first-order valence-corrected chi connectivity index (χ1v) is 11.8. The van der Waals surface area contributed by atoms with Crippen LogP contribution < -0.4 is 14.3 Å². The van der Waals surface area contributed by atoms with Crippen molar-refractivity contribution in [3.05, 3.63) is 75.0 Å². The van der Waals surface area contributed by atoms with Crippen molar-refractivity contribution in [3.8, 4) is 0 Å². The van der Waals surface area contributed by atoms with E-state index in [1.807, 2.05) is 48.5 Å². The average Bonchev–Trinajstić information content (AvgIpc) is 3.61. The van der Waals surface area contributed by atoms with E-state index in [1.165, 1.54) is 22.4 Å².